The van der Waals surface area contributed by atoms with Crippen molar-refractivity contribution in [1.82, 2.24) is 15.5 Å². The summed E-state index contributed by atoms with van der Waals surface area (Å²) in [6.45, 7) is 12.3. The summed E-state index contributed by atoms with van der Waals surface area (Å²) in [4.78, 5) is 28.0. The summed E-state index contributed by atoms with van der Waals surface area (Å²) < 4.78 is 5.24. The van der Waals surface area contributed by atoms with Gasteiger partial charge in [-0.2, -0.15) is 0 Å². The van der Waals surface area contributed by atoms with Gasteiger partial charge in [-0.3, -0.25) is 9.59 Å². The number of carbonyl (C=O) groups excluding carboxylic acids is 1. The maximum absolute atomic E-state index is 12.7. The third-order valence-corrected chi connectivity index (χ3v) is 5.09. The van der Waals surface area contributed by atoms with Crippen LogP contribution in [0.15, 0.2) is 33.6 Å². The highest BCUT2D eigenvalue weighted by Gasteiger charge is 2.28. The van der Waals surface area contributed by atoms with Crippen molar-refractivity contribution in [3.05, 3.63) is 62.8 Å². The van der Waals surface area contributed by atoms with Gasteiger partial charge in [0.15, 0.2) is 0 Å². The minimum atomic E-state index is -0.298. The Morgan fingerprint density at radius 2 is 1.97 bits per heavy atom. The molecule has 0 atom stereocenters. The van der Waals surface area contributed by atoms with Gasteiger partial charge in [0.1, 0.15) is 17.0 Å². The van der Waals surface area contributed by atoms with E-state index in [0.717, 1.165) is 10.9 Å². The number of nitrogens with zero attached hydrogens (tertiary/aromatic N) is 1. The van der Waals surface area contributed by atoms with Crippen LogP contribution in [0.2, 0.25) is 0 Å². The molecular weight excluding hydrogens is 366 g/mol. The summed E-state index contributed by atoms with van der Waals surface area (Å²) >= 11 is 0. The second-order valence-electron chi connectivity index (χ2n) is 8.84. The Morgan fingerprint density at radius 1 is 1.24 bits per heavy atom. The van der Waals surface area contributed by atoms with Crippen molar-refractivity contribution in [2.75, 3.05) is 6.54 Å². The molecule has 6 heteroatoms. The van der Waals surface area contributed by atoms with Gasteiger partial charge in [0.2, 0.25) is 0 Å². The summed E-state index contributed by atoms with van der Waals surface area (Å²) in [7, 11) is 0. The molecule has 3 rings (SSSR count). The Labute approximate surface area is 170 Å². The number of amides is 1. The van der Waals surface area contributed by atoms with Crippen LogP contribution in [0.1, 0.15) is 73.5 Å². The van der Waals surface area contributed by atoms with Gasteiger partial charge in [0.25, 0.3) is 11.5 Å². The van der Waals surface area contributed by atoms with Crippen molar-refractivity contribution in [3.63, 3.8) is 0 Å². The minimum absolute atomic E-state index is 0.124. The molecule has 0 aliphatic carbocycles. The molecule has 0 bridgehead atoms. The molecule has 0 aliphatic heterocycles. The normalized spacial score (nSPS) is 12.0. The van der Waals surface area contributed by atoms with Gasteiger partial charge in [-0.15, -0.1) is 0 Å². The number of hydrogen-bond donors (Lipinski definition) is 2. The summed E-state index contributed by atoms with van der Waals surface area (Å²) in [6, 6.07) is 8.00. The van der Waals surface area contributed by atoms with E-state index >= 15 is 0 Å². The monoisotopic (exact) mass is 395 g/mol. The van der Waals surface area contributed by atoms with Crippen LogP contribution < -0.4 is 10.9 Å². The quantitative estimate of drug-likeness (QED) is 0.677. The highest BCUT2D eigenvalue weighted by molar-refractivity contribution is 5.96. The lowest BCUT2D eigenvalue weighted by atomic mass is 9.88. The van der Waals surface area contributed by atoms with E-state index < -0.39 is 0 Å². The van der Waals surface area contributed by atoms with E-state index in [-0.39, 0.29) is 16.9 Å². The lowest BCUT2D eigenvalue weighted by Crippen LogP contribution is -2.30. The lowest BCUT2D eigenvalue weighted by Gasteiger charge is -2.16. The first-order valence-corrected chi connectivity index (χ1v) is 9.98. The molecule has 1 amide bonds. The molecule has 2 heterocycles. The largest absolute Gasteiger partial charge is 0.361 e. The molecule has 154 valence electrons. The van der Waals surface area contributed by atoms with Gasteiger partial charge >= 0.3 is 0 Å². The Hall–Kier alpha value is -2.89. The summed E-state index contributed by atoms with van der Waals surface area (Å²) in [5, 5.41) is 7.96. The standard InChI is InChI=1S/C23H29N3O3/c1-13(2)15-7-8-18-17(11-15)12-16(21(27)25-18)9-10-24-22(28)19-14(3)29-26-20(19)23(4,5)6/h7-8,11-13H,9-10H2,1-6H3,(H,24,28)(H,25,27). The van der Waals surface area contributed by atoms with Crippen LogP contribution in [0.25, 0.3) is 10.9 Å². The van der Waals surface area contributed by atoms with Crippen LogP contribution in [0.4, 0.5) is 0 Å². The average Bonchev–Trinajstić information content (AvgIpc) is 3.03. The zero-order valence-corrected chi connectivity index (χ0v) is 18.0. The van der Waals surface area contributed by atoms with Crippen molar-refractivity contribution in [3.8, 4) is 0 Å². The van der Waals surface area contributed by atoms with Crippen LogP contribution in [0.5, 0.6) is 0 Å². The Balaban J connectivity index is 1.76. The van der Waals surface area contributed by atoms with Crippen molar-refractivity contribution in [2.24, 2.45) is 0 Å². The van der Waals surface area contributed by atoms with Crippen molar-refractivity contribution in [1.29, 1.82) is 0 Å². The Morgan fingerprint density at radius 3 is 2.62 bits per heavy atom. The number of nitrogens with one attached hydrogen (secondary N) is 2. The number of aryl methyl sites for hydroxylation is 1. The highest BCUT2D eigenvalue weighted by atomic mass is 16.5. The molecule has 0 saturated carbocycles. The predicted octanol–water partition coefficient (Wildman–Crippen LogP) is 4.22. The van der Waals surface area contributed by atoms with Gasteiger partial charge in [-0.05, 0) is 48.4 Å². The smallest absolute Gasteiger partial charge is 0.256 e. The SMILES string of the molecule is Cc1onc(C(C)(C)C)c1C(=O)NCCc1cc2cc(C(C)C)ccc2[nH]c1=O. The maximum Gasteiger partial charge on any atom is 0.256 e. The first-order chi connectivity index (χ1) is 13.6. The third kappa shape index (κ3) is 4.42. The molecule has 1 aromatic carbocycles. The number of aromatic nitrogens is 2. The molecule has 0 fully saturated rings. The molecule has 0 radical (unpaired) electrons. The van der Waals surface area contributed by atoms with E-state index in [9.17, 15) is 9.59 Å². The number of H-pyrrole nitrogens is 1. The predicted molar refractivity (Wildman–Crippen MR) is 115 cm³/mol. The molecule has 0 unspecified atom stereocenters. The number of benzene rings is 1. The fourth-order valence-electron chi connectivity index (χ4n) is 3.37. The first-order valence-electron chi connectivity index (χ1n) is 9.98. The fraction of sp³-hybridized carbons (Fsp3) is 0.435. The first kappa shape index (κ1) is 20.8. The third-order valence-electron chi connectivity index (χ3n) is 5.09. The average molecular weight is 396 g/mol. The molecule has 0 aliphatic rings. The van der Waals surface area contributed by atoms with Gasteiger partial charge in [-0.1, -0.05) is 45.8 Å². The Kier molecular flexibility index (Phi) is 5.64. The Bertz CT molecular complexity index is 1100. The molecule has 29 heavy (non-hydrogen) atoms. The summed E-state index contributed by atoms with van der Waals surface area (Å²) in [5.74, 6) is 0.683. The van der Waals surface area contributed by atoms with E-state index in [1.165, 1.54) is 5.56 Å². The highest BCUT2D eigenvalue weighted by Crippen LogP contribution is 2.26. The van der Waals surface area contributed by atoms with E-state index in [0.29, 0.717) is 41.5 Å². The second kappa shape index (κ2) is 7.85. The van der Waals surface area contributed by atoms with Crippen molar-refractivity contribution >= 4 is 16.8 Å². The topological polar surface area (TPSA) is 88.0 Å². The number of rotatable bonds is 5. The van der Waals surface area contributed by atoms with Crippen molar-refractivity contribution < 1.29 is 9.32 Å². The van der Waals surface area contributed by atoms with E-state index in [1.807, 2.05) is 39.0 Å². The van der Waals surface area contributed by atoms with Gasteiger partial charge in [0, 0.05) is 23.0 Å². The van der Waals surface area contributed by atoms with Gasteiger partial charge < -0.3 is 14.8 Å². The second-order valence-corrected chi connectivity index (χ2v) is 8.84. The zero-order chi connectivity index (χ0) is 21.3. The van der Waals surface area contributed by atoms with E-state index in [1.54, 1.807) is 6.92 Å². The van der Waals surface area contributed by atoms with Crippen LogP contribution in [0, 0.1) is 6.92 Å². The summed E-state index contributed by atoms with van der Waals surface area (Å²) in [6.07, 6.45) is 0.443. The van der Waals surface area contributed by atoms with Gasteiger partial charge in [0.05, 0.1) is 0 Å². The zero-order valence-electron chi connectivity index (χ0n) is 18.0. The van der Waals surface area contributed by atoms with Crippen LogP contribution in [-0.4, -0.2) is 22.6 Å². The molecule has 3 aromatic rings. The molecular formula is C23H29N3O3. The summed E-state index contributed by atoms with van der Waals surface area (Å²) in [5.41, 5.74) is 3.39. The number of carbonyl (C=O) groups is 1. The molecule has 0 spiro atoms. The molecule has 6 nitrogen and oxygen atoms in total. The van der Waals surface area contributed by atoms with E-state index in [2.05, 4.69) is 35.4 Å². The minimum Gasteiger partial charge on any atom is -0.361 e. The van der Waals surface area contributed by atoms with Crippen molar-refractivity contribution in [2.45, 2.75) is 59.3 Å². The van der Waals surface area contributed by atoms with Crippen LogP contribution in [-0.2, 0) is 11.8 Å². The fourth-order valence-corrected chi connectivity index (χ4v) is 3.37. The molecule has 0 saturated heterocycles. The number of hydrogen-bond acceptors (Lipinski definition) is 4. The van der Waals surface area contributed by atoms with Crippen LogP contribution in [0.3, 0.4) is 0 Å². The number of aromatic amines is 1. The maximum atomic E-state index is 12.7. The lowest BCUT2D eigenvalue weighted by molar-refractivity contribution is 0.0950. The van der Waals surface area contributed by atoms with Crippen LogP contribution >= 0.6 is 0 Å². The molecule has 2 N–H and O–H groups in total. The van der Waals surface area contributed by atoms with E-state index in [4.69, 9.17) is 4.52 Å². The number of fused-ring (bicyclic) bond motifs is 1. The molecule has 2 aromatic heterocycles. The number of pyridine rings is 1. The van der Waals surface area contributed by atoms with Gasteiger partial charge in [-0.25, -0.2) is 0 Å².